The second kappa shape index (κ2) is 7.90. The van der Waals surface area contributed by atoms with Crippen LogP contribution in [0.2, 0.25) is 0 Å². The summed E-state index contributed by atoms with van der Waals surface area (Å²) in [5.74, 6) is -1.46. The summed E-state index contributed by atoms with van der Waals surface area (Å²) in [6, 6.07) is 16.1. The number of carbonyl (C=O) groups excluding carboxylic acids is 2. The molecule has 0 bridgehead atoms. The number of nitrogens with zero attached hydrogens (tertiary/aromatic N) is 1. The van der Waals surface area contributed by atoms with Gasteiger partial charge in [0.2, 0.25) is 5.91 Å². The summed E-state index contributed by atoms with van der Waals surface area (Å²) in [5, 5.41) is 21.6. The molecular formula is C18H17N3O3. The zero-order valence-electron chi connectivity index (χ0n) is 12.8. The predicted molar refractivity (Wildman–Crippen MR) is 87.4 cm³/mol. The Hall–Kier alpha value is -3.17. The van der Waals surface area contributed by atoms with E-state index in [0.717, 1.165) is 0 Å². The molecule has 6 heteroatoms. The summed E-state index contributed by atoms with van der Waals surface area (Å²) in [6.45, 7) is 0. The van der Waals surface area contributed by atoms with Crippen molar-refractivity contribution in [2.24, 2.45) is 5.73 Å². The summed E-state index contributed by atoms with van der Waals surface area (Å²) in [5.41, 5.74) is 6.76. The summed E-state index contributed by atoms with van der Waals surface area (Å²) in [6.07, 6.45) is -1.33. The zero-order chi connectivity index (χ0) is 17.5. The minimum absolute atomic E-state index is 0.0757. The van der Waals surface area contributed by atoms with Crippen LogP contribution in [0.15, 0.2) is 54.6 Å². The maximum Gasteiger partial charge on any atom is 0.254 e. The normalized spacial score (nSPS) is 12.7. The summed E-state index contributed by atoms with van der Waals surface area (Å²) < 4.78 is 0. The van der Waals surface area contributed by atoms with Gasteiger partial charge in [0.15, 0.2) is 6.10 Å². The molecule has 0 saturated heterocycles. The van der Waals surface area contributed by atoms with Gasteiger partial charge >= 0.3 is 0 Å². The van der Waals surface area contributed by atoms with Crippen molar-refractivity contribution in [3.8, 4) is 6.07 Å². The van der Waals surface area contributed by atoms with Crippen LogP contribution in [0.1, 0.15) is 22.8 Å². The number of nitriles is 1. The lowest BCUT2D eigenvalue weighted by molar-refractivity contribution is -0.133. The molecule has 2 rings (SSSR count). The molecule has 2 aromatic carbocycles. The fourth-order valence-corrected chi connectivity index (χ4v) is 2.29. The number of primary amides is 1. The average molecular weight is 323 g/mol. The smallest absolute Gasteiger partial charge is 0.254 e. The number of nitrogens with one attached hydrogen (secondary N) is 1. The first kappa shape index (κ1) is 17.2. The van der Waals surface area contributed by atoms with Gasteiger partial charge in [0, 0.05) is 6.42 Å². The van der Waals surface area contributed by atoms with E-state index in [-0.39, 0.29) is 6.42 Å². The van der Waals surface area contributed by atoms with Gasteiger partial charge in [-0.2, -0.15) is 5.26 Å². The van der Waals surface area contributed by atoms with E-state index in [0.29, 0.717) is 16.7 Å². The number of rotatable bonds is 6. The fraction of sp³-hybridized carbons (Fsp3) is 0.167. The number of aliphatic hydroxyl groups is 1. The molecule has 0 aromatic heterocycles. The SMILES string of the molecule is N#Cc1ccccc1C[C@H](NC(=O)[C@@H](O)c1ccccc1)C(N)=O. The van der Waals surface area contributed by atoms with E-state index in [4.69, 9.17) is 11.0 Å². The lowest BCUT2D eigenvalue weighted by Crippen LogP contribution is -2.47. The van der Waals surface area contributed by atoms with Gasteiger partial charge in [-0.05, 0) is 17.2 Å². The molecular weight excluding hydrogens is 306 g/mol. The van der Waals surface area contributed by atoms with Crippen LogP contribution in [0.4, 0.5) is 0 Å². The fourth-order valence-electron chi connectivity index (χ4n) is 2.29. The van der Waals surface area contributed by atoms with Crippen LogP contribution < -0.4 is 11.1 Å². The lowest BCUT2D eigenvalue weighted by Gasteiger charge is -2.18. The molecule has 2 atom stereocenters. The molecule has 0 heterocycles. The minimum atomic E-state index is -1.40. The third-order valence-corrected chi connectivity index (χ3v) is 3.59. The largest absolute Gasteiger partial charge is 0.378 e. The molecule has 0 unspecified atom stereocenters. The average Bonchev–Trinajstić information content (AvgIpc) is 2.61. The van der Waals surface area contributed by atoms with Crippen molar-refractivity contribution in [2.45, 2.75) is 18.6 Å². The Balaban J connectivity index is 2.13. The van der Waals surface area contributed by atoms with E-state index < -0.39 is 24.0 Å². The molecule has 0 spiro atoms. The number of benzene rings is 2. The van der Waals surface area contributed by atoms with Crippen LogP contribution in [0.25, 0.3) is 0 Å². The van der Waals surface area contributed by atoms with Crippen molar-refractivity contribution in [3.05, 3.63) is 71.3 Å². The molecule has 0 aliphatic carbocycles. The molecule has 24 heavy (non-hydrogen) atoms. The lowest BCUT2D eigenvalue weighted by atomic mass is 10.00. The van der Waals surface area contributed by atoms with Crippen LogP contribution in [-0.4, -0.2) is 23.0 Å². The molecule has 6 nitrogen and oxygen atoms in total. The topological polar surface area (TPSA) is 116 Å². The minimum Gasteiger partial charge on any atom is -0.378 e. The van der Waals surface area contributed by atoms with Gasteiger partial charge in [0.05, 0.1) is 11.6 Å². The maximum atomic E-state index is 12.2. The van der Waals surface area contributed by atoms with Crippen LogP contribution in [0.3, 0.4) is 0 Å². The Morgan fingerprint density at radius 2 is 1.75 bits per heavy atom. The van der Waals surface area contributed by atoms with Gasteiger partial charge in [-0.3, -0.25) is 9.59 Å². The third-order valence-electron chi connectivity index (χ3n) is 3.59. The van der Waals surface area contributed by atoms with Crippen molar-refractivity contribution >= 4 is 11.8 Å². The second-order valence-corrected chi connectivity index (χ2v) is 5.25. The molecule has 122 valence electrons. The third kappa shape index (κ3) is 4.18. The van der Waals surface area contributed by atoms with E-state index in [1.54, 1.807) is 54.6 Å². The Morgan fingerprint density at radius 3 is 2.38 bits per heavy atom. The summed E-state index contributed by atoms with van der Waals surface area (Å²) in [7, 11) is 0. The van der Waals surface area contributed by atoms with Crippen molar-refractivity contribution in [1.29, 1.82) is 5.26 Å². The first-order valence-electron chi connectivity index (χ1n) is 7.33. The number of amides is 2. The van der Waals surface area contributed by atoms with Crippen molar-refractivity contribution < 1.29 is 14.7 Å². The quantitative estimate of drug-likeness (QED) is 0.729. The standard InChI is InChI=1S/C18H17N3O3/c19-11-14-9-5-4-8-13(14)10-15(17(20)23)21-18(24)16(22)12-6-2-1-3-7-12/h1-9,15-16,22H,10H2,(H2,20,23)(H,21,24)/t15-,16-/m0/s1. The van der Waals surface area contributed by atoms with Gasteiger partial charge in [-0.25, -0.2) is 0 Å². The number of hydrogen-bond donors (Lipinski definition) is 3. The van der Waals surface area contributed by atoms with Gasteiger partial charge in [-0.15, -0.1) is 0 Å². The van der Waals surface area contributed by atoms with Gasteiger partial charge in [-0.1, -0.05) is 48.5 Å². The number of hydrogen-bond acceptors (Lipinski definition) is 4. The second-order valence-electron chi connectivity index (χ2n) is 5.25. The highest BCUT2D eigenvalue weighted by atomic mass is 16.3. The highest BCUT2D eigenvalue weighted by Crippen LogP contribution is 2.14. The van der Waals surface area contributed by atoms with Gasteiger partial charge < -0.3 is 16.2 Å². The van der Waals surface area contributed by atoms with Crippen LogP contribution >= 0.6 is 0 Å². The number of carbonyl (C=O) groups is 2. The monoisotopic (exact) mass is 323 g/mol. The van der Waals surface area contributed by atoms with E-state index in [1.165, 1.54) is 0 Å². The van der Waals surface area contributed by atoms with E-state index in [9.17, 15) is 14.7 Å². The zero-order valence-corrected chi connectivity index (χ0v) is 12.8. The Morgan fingerprint density at radius 1 is 1.12 bits per heavy atom. The Kier molecular flexibility index (Phi) is 5.66. The van der Waals surface area contributed by atoms with Crippen molar-refractivity contribution in [2.75, 3.05) is 0 Å². The Labute approximate surface area is 139 Å². The molecule has 0 saturated carbocycles. The van der Waals surface area contributed by atoms with Crippen molar-refractivity contribution in [3.63, 3.8) is 0 Å². The van der Waals surface area contributed by atoms with Crippen LogP contribution in [-0.2, 0) is 16.0 Å². The van der Waals surface area contributed by atoms with Crippen LogP contribution in [0.5, 0.6) is 0 Å². The molecule has 0 aliphatic heterocycles. The van der Waals surface area contributed by atoms with E-state index in [1.807, 2.05) is 6.07 Å². The molecule has 4 N–H and O–H groups in total. The summed E-state index contributed by atoms with van der Waals surface area (Å²) >= 11 is 0. The van der Waals surface area contributed by atoms with E-state index >= 15 is 0 Å². The number of aliphatic hydroxyl groups excluding tert-OH is 1. The summed E-state index contributed by atoms with van der Waals surface area (Å²) in [4.78, 5) is 23.8. The Bertz CT molecular complexity index is 769. The van der Waals surface area contributed by atoms with Crippen molar-refractivity contribution in [1.82, 2.24) is 5.32 Å². The van der Waals surface area contributed by atoms with Crippen LogP contribution in [0, 0.1) is 11.3 Å². The van der Waals surface area contributed by atoms with Gasteiger partial charge in [0.1, 0.15) is 6.04 Å². The predicted octanol–water partition coefficient (Wildman–Crippen LogP) is 0.804. The van der Waals surface area contributed by atoms with E-state index in [2.05, 4.69) is 5.32 Å². The molecule has 2 aromatic rings. The molecule has 0 aliphatic rings. The molecule has 2 amide bonds. The molecule has 0 radical (unpaired) electrons. The first-order valence-corrected chi connectivity index (χ1v) is 7.33. The highest BCUT2D eigenvalue weighted by molar-refractivity contribution is 5.89. The van der Waals surface area contributed by atoms with Gasteiger partial charge in [0.25, 0.3) is 5.91 Å². The number of nitrogens with two attached hydrogens (primary N) is 1. The highest BCUT2D eigenvalue weighted by Gasteiger charge is 2.24. The molecule has 0 fully saturated rings. The first-order chi connectivity index (χ1) is 11.5. The maximum absolute atomic E-state index is 12.2.